The van der Waals surface area contributed by atoms with Crippen LogP contribution in [-0.2, 0) is 0 Å². The highest BCUT2D eigenvalue weighted by Gasteiger charge is 2.15. The zero-order valence-electron chi connectivity index (χ0n) is 11.0. The smallest absolute Gasteiger partial charge is 0.142 e. The second kappa shape index (κ2) is 5.91. The summed E-state index contributed by atoms with van der Waals surface area (Å²) < 4.78 is 0. The van der Waals surface area contributed by atoms with Crippen LogP contribution >= 0.6 is 11.6 Å². The minimum Gasteiger partial charge on any atom is -0.353 e. The Kier molecular flexibility index (Phi) is 4.24. The Morgan fingerprint density at radius 3 is 2.63 bits per heavy atom. The first kappa shape index (κ1) is 13.6. The minimum atomic E-state index is 0.120. The lowest BCUT2D eigenvalue weighted by molar-refractivity contribution is 0.729. The first-order valence-corrected chi connectivity index (χ1v) is 6.42. The molecule has 1 atom stereocenters. The fraction of sp³-hybridized carbons (Fsp3) is 0.214. The van der Waals surface area contributed by atoms with E-state index in [9.17, 15) is 0 Å². The summed E-state index contributed by atoms with van der Waals surface area (Å²) in [5.41, 5.74) is 3.62. The predicted octanol–water partition coefficient (Wildman–Crippen LogP) is 3.22. The van der Waals surface area contributed by atoms with Gasteiger partial charge in [0.05, 0.1) is 6.04 Å². The van der Waals surface area contributed by atoms with Crippen LogP contribution in [0.1, 0.15) is 18.5 Å². The van der Waals surface area contributed by atoms with Crippen LogP contribution in [0, 0.1) is 0 Å². The molecular formula is C14H17ClN4. The van der Waals surface area contributed by atoms with Crippen molar-refractivity contribution in [3.05, 3.63) is 53.1 Å². The molecule has 0 saturated carbocycles. The van der Waals surface area contributed by atoms with Crippen molar-refractivity contribution in [3.8, 4) is 0 Å². The van der Waals surface area contributed by atoms with Gasteiger partial charge in [0.25, 0.3) is 0 Å². The number of pyridine rings is 1. The number of nitrogens with zero attached hydrogens (tertiary/aromatic N) is 2. The van der Waals surface area contributed by atoms with E-state index in [2.05, 4.69) is 22.2 Å². The maximum atomic E-state index is 6.23. The molecule has 0 spiro atoms. The van der Waals surface area contributed by atoms with Crippen molar-refractivity contribution in [2.24, 2.45) is 5.84 Å². The highest BCUT2D eigenvalue weighted by molar-refractivity contribution is 6.31. The number of aromatic nitrogens is 1. The zero-order valence-corrected chi connectivity index (χ0v) is 11.7. The molecule has 4 nitrogen and oxygen atoms in total. The van der Waals surface area contributed by atoms with E-state index in [-0.39, 0.29) is 6.04 Å². The van der Waals surface area contributed by atoms with Gasteiger partial charge in [0.1, 0.15) is 11.6 Å². The average molecular weight is 277 g/mol. The summed E-state index contributed by atoms with van der Waals surface area (Å²) in [5.74, 6) is 6.85. The maximum Gasteiger partial charge on any atom is 0.142 e. The molecule has 100 valence electrons. The van der Waals surface area contributed by atoms with Crippen molar-refractivity contribution in [2.45, 2.75) is 13.0 Å². The van der Waals surface area contributed by atoms with Crippen molar-refractivity contribution in [1.82, 2.24) is 4.98 Å². The minimum absolute atomic E-state index is 0.120. The van der Waals surface area contributed by atoms with Gasteiger partial charge in [-0.25, -0.2) is 10.8 Å². The average Bonchev–Trinajstić information content (AvgIpc) is 2.46. The van der Waals surface area contributed by atoms with Crippen LogP contribution in [0.5, 0.6) is 0 Å². The van der Waals surface area contributed by atoms with E-state index < -0.39 is 0 Å². The second-order valence-electron chi connectivity index (χ2n) is 4.33. The Morgan fingerprint density at radius 1 is 1.21 bits per heavy atom. The van der Waals surface area contributed by atoms with Gasteiger partial charge in [-0.1, -0.05) is 35.9 Å². The number of nitrogen functional groups attached to an aromatic ring is 1. The number of nitrogens with two attached hydrogens (primary N) is 1. The van der Waals surface area contributed by atoms with E-state index in [1.807, 2.05) is 49.5 Å². The van der Waals surface area contributed by atoms with Gasteiger partial charge in [0.2, 0.25) is 0 Å². The zero-order chi connectivity index (χ0) is 13.8. The third-order valence-corrected chi connectivity index (χ3v) is 3.52. The quantitative estimate of drug-likeness (QED) is 0.665. The first-order valence-electron chi connectivity index (χ1n) is 6.04. The fourth-order valence-corrected chi connectivity index (χ4v) is 2.21. The topological polar surface area (TPSA) is 54.2 Å². The lowest BCUT2D eigenvalue weighted by atomic mass is 10.1. The van der Waals surface area contributed by atoms with Gasteiger partial charge in [0, 0.05) is 12.1 Å². The monoisotopic (exact) mass is 276 g/mol. The molecule has 0 fully saturated rings. The predicted molar refractivity (Wildman–Crippen MR) is 80.3 cm³/mol. The fourth-order valence-electron chi connectivity index (χ4n) is 1.92. The number of hydrogen-bond acceptors (Lipinski definition) is 4. The van der Waals surface area contributed by atoms with Crippen LogP contribution in [-0.4, -0.2) is 12.0 Å². The molecule has 19 heavy (non-hydrogen) atoms. The first-order chi connectivity index (χ1) is 9.13. The van der Waals surface area contributed by atoms with Crippen LogP contribution < -0.4 is 16.2 Å². The summed E-state index contributed by atoms with van der Waals surface area (Å²) in [6, 6.07) is 13.6. The second-order valence-corrected chi connectivity index (χ2v) is 4.74. The lowest BCUT2D eigenvalue weighted by Gasteiger charge is -2.27. The number of hydrazine groups is 1. The number of rotatable bonds is 4. The Balaban J connectivity index is 2.28. The molecule has 1 heterocycles. The van der Waals surface area contributed by atoms with E-state index >= 15 is 0 Å². The van der Waals surface area contributed by atoms with Crippen molar-refractivity contribution in [2.75, 3.05) is 17.4 Å². The summed E-state index contributed by atoms with van der Waals surface area (Å²) in [4.78, 5) is 6.47. The molecule has 2 rings (SSSR count). The van der Waals surface area contributed by atoms with Gasteiger partial charge in [-0.2, -0.15) is 0 Å². The Morgan fingerprint density at radius 2 is 1.95 bits per heavy atom. The van der Waals surface area contributed by atoms with Gasteiger partial charge >= 0.3 is 0 Å². The standard InChI is InChI=1S/C14H17ClN4/c1-10(11-6-3-4-7-12(11)15)19(2)14-9-5-8-13(17-14)18-16/h3-10H,16H2,1-2H3,(H,17,18). The summed E-state index contributed by atoms with van der Waals surface area (Å²) in [6.45, 7) is 2.09. The van der Waals surface area contributed by atoms with Crippen molar-refractivity contribution in [1.29, 1.82) is 0 Å². The largest absolute Gasteiger partial charge is 0.353 e. The van der Waals surface area contributed by atoms with Crippen LogP contribution in [0.4, 0.5) is 11.6 Å². The molecule has 1 aromatic carbocycles. The van der Waals surface area contributed by atoms with Gasteiger partial charge in [-0.05, 0) is 30.7 Å². The molecular weight excluding hydrogens is 260 g/mol. The summed E-state index contributed by atoms with van der Waals surface area (Å²) >= 11 is 6.23. The summed E-state index contributed by atoms with van der Waals surface area (Å²) in [6.07, 6.45) is 0. The summed E-state index contributed by atoms with van der Waals surface area (Å²) in [7, 11) is 1.98. The lowest BCUT2D eigenvalue weighted by Crippen LogP contribution is -2.23. The molecule has 5 heteroatoms. The molecule has 0 aliphatic carbocycles. The molecule has 0 amide bonds. The van der Waals surface area contributed by atoms with E-state index in [4.69, 9.17) is 17.4 Å². The van der Waals surface area contributed by atoms with E-state index in [0.29, 0.717) is 5.82 Å². The summed E-state index contributed by atoms with van der Waals surface area (Å²) in [5, 5.41) is 0.759. The van der Waals surface area contributed by atoms with Gasteiger partial charge in [-0.3, -0.25) is 0 Å². The molecule has 0 aliphatic rings. The highest BCUT2D eigenvalue weighted by Crippen LogP contribution is 2.29. The molecule has 0 radical (unpaired) electrons. The van der Waals surface area contributed by atoms with Crippen LogP contribution in [0.2, 0.25) is 5.02 Å². The van der Waals surface area contributed by atoms with Gasteiger partial charge in [-0.15, -0.1) is 0 Å². The molecule has 1 aromatic heterocycles. The van der Waals surface area contributed by atoms with Crippen LogP contribution in [0.25, 0.3) is 0 Å². The van der Waals surface area contributed by atoms with Crippen molar-refractivity contribution in [3.63, 3.8) is 0 Å². The van der Waals surface area contributed by atoms with Crippen LogP contribution in [0.3, 0.4) is 0 Å². The van der Waals surface area contributed by atoms with Crippen LogP contribution in [0.15, 0.2) is 42.5 Å². The van der Waals surface area contributed by atoms with Gasteiger partial charge in [0.15, 0.2) is 0 Å². The molecule has 2 aromatic rings. The number of anilines is 2. The van der Waals surface area contributed by atoms with Crippen molar-refractivity contribution >= 4 is 23.2 Å². The molecule has 0 bridgehead atoms. The van der Waals surface area contributed by atoms with E-state index in [1.165, 1.54) is 0 Å². The third-order valence-electron chi connectivity index (χ3n) is 3.18. The Labute approximate surface area is 118 Å². The Hall–Kier alpha value is -1.78. The van der Waals surface area contributed by atoms with Gasteiger partial charge < -0.3 is 10.3 Å². The number of benzene rings is 1. The third kappa shape index (κ3) is 2.97. The number of nitrogens with one attached hydrogen (secondary N) is 1. The Bertz CT molecular complexity index is 559. The van der Waals surface area contributed by atoms with E-state index in [1.54, 1.807) is 0 Å². The van der Waals surface area contributed by atoms with Crippen molar-refractivity contribution < 1.29 is 0 Å². The SMILES string of the molecule is CC(c1ccccc1Cl)N(C)c1cccc(NN)n1. The molecule has 1 unspecified atom stereocenters. The number of hydrogen-bond donors (Lipinski definition) is 2. The molecule has 0 aliphatic heterocycles. The molecule has 3 N–H and O–H groups in total. The number of halogens is 1. The maximum absolute atomic E-state index is 6.23. The normalized spacial score (nSPS) is 12.0. The highest BCUT2D eigenvalue weighted by atomic mass is 35.5. The van der Waals surface area contributed by atoms with E-state index in [0.717, 1.165) is 16.4 Å². The molecule has 0 saturated heterocycles.